The van der Waals surface area contributed by atoms with Crippen molar-refractivity contribution in [2.24, 2.45) is 5.92 Å². The monoisotopic (exact) mass is 456 g/mol. The van der Waals surface area contributed by atoms with Gasteiger partial charge in [0.05, 0.1) is 24.2 Å². The van der Waals surface area contributed by atoms with Crippen LogP contribution in [0.1, 0.15) is 42.3 Å². The molecule has 2 aliphatic heterocycles. The number of methoxy groups -OCH3 is 1. The molecule has 8 heteroatoms. The number of fused-ring (bicyclic) bond motifs is 3. The first-order chi connectivity index (χ1) is 15.5. The maximum absolute atomic E-state index is 12.9. The lowest BCUT2D eigenvalue weighted by Crippen LogP contribution is -2.32. The highest BCUT2D eigenvalue weighted by atomic mass is 32.2. The molecule has 2 aromatic carbocycles. The van der Waals surface area contributed by atoms with Crippen molar-refractivity contribution in [2.45, 2.75) is 42.2 Å². The van der Waals surface area contributed by atoms with Crippen LogP contribution in [0.5, 0.6) is 11.5 Å². The van der Waals surface area contributed by atoms with Gasteiger partial charge in [0.2, 0.25) is 10.0 Å². The molecule has 0 bridgehead atoms. The van der Waals surface area contributed by atoms with Gasteiger partial charge in [0.1, 0.15) is 0 Å². The fraction of sp³-hybridized carbons (Fsp3) is 0.417. The third-order valence-corrected chi connectivity index (χ3v) is 8.15. The van der Waals surface area contributed by atoms with E-state index in [1.165, 1.54) is 7.11 Å². The van der Waals surface area contributed by atoms with Gasteiger partial charge in [0.25, 0.3) is 0 Å². The molecule has 0 saturated carbocycles. The summed E-state index contributed by atoms with van der Waals surface area (Å²) in [6.07, 6.45) is 7.03. The van der Waals surface area contributed by atoms with Crippen LogP contribution in [0.15, 0.2) is 53.4 Å². The number of phenols is 1. The molecule has 1 fully saturated rings. The van der Waals surface area contributed by atoms with Gasteiger partial charge in [-0.1, -0.05) is 18.2 Å². The van der Waals surface area contributed by atoms with E-state index in [0.29, 0.717) is 18.9 Å². The number of hydrogen-bond acceptors (Lipinski definition) is 6. The van der Waals surface area contributed by atoms with Gasteiger partial charge < -0.3 is 19.9 Å². The number of aromatic hydroxyl groups is 1. The average molecular weight is 457 g/mol. The first-order valence-corrected chi connectivity index (χ1v) is 12.5. The normalized spacial score (nSPS) is 26.4. The van der Waals surface area contributed by atoms with Gasteiger partial charge in [0, 0.05) is 24.8 Å². The predicted octanol–water partition coefficient (Wildman–Crippen LogP) is 3.68. The van der Waals surface area contributed by atoms with E-state index in [-0.39, 0.29) is 34.6 Å². The SMILES string of the molecule is COc1cc(C2Nc3ccc(S(=O)(=O)NCC4CCCO4)cc3C3C=CCC32)ccc1O. The van der Waals surface area contributed by atoms with Crippen molar-refractivity contribution in [1.29, 1.82) is 0 Å². The third-order valence-electron chi connectivity index (χ3n) is 6.73. The van der Waals surface area contributed by atoms with Crippen LogP contribution < -0.4 is 14.8 Å². The van der Waals surface area contributed by atoms with Crippen molar-refractivity contribution in [3.8, 4) is 11.5 Å². The number of phenolic OH excluding ortho intramolecular Hbond substituents is 1. The summed E-state index contributed by atoms with van der Waals surface area (Å²) in [5, 5.41) is 13.6. The summed E-state index contributed by atoms with van der Waals surface area (Å²) in [7, 11) is -2.08. The van der Waals surface area contributed by atoms with Crippen molar-refractivity contribution < 1.29 is 23.0 Å². The summed E-state index contributed by atoms with van der Waals surface area (Å²) in [5.74, 6) is 0.911. The summed E-state index contributed by atoms with van der Waals surface area (Å²) in [5.41, 5.74) is 2.94. The minimum Gasteiger partial charge on any atom is -0.504 e. The molecule has 2 heterocycles. The lowest BCUT2D eigenvalue weighted by molar-refractivity contribution is 0.114. The molecule has 7 nitrogen and oxygen atoms in total. The Morgan fingerprint density at radius 1 is 1.25 bits per heavy atom. The highest BCUT2D eigenvalue weighted by molar-refractivity contribution is 7.89. The van der Waals surface area contributed by atoms with Crippen LogP contribution in [0.3, 0.4) is 0 Å². The molecule has 1 saturated heterocycles. The fourth-order valence-corrected chi connectivity index (χ4v) is 6.15. The zero-order valence-corrected chi connectivity index (χ0v) is 18.8. The molecule has 3 N–H and O–H groups in total. The molecule has 5 rings (SSSR count). The van der Waals surface area contributed by atoms with E-state index in [2.05, 4.69) is 22.2 Å². The van der Waals surface area contributed by atoms with E-state index in [1.807, 2.05) is 18.2 Å². The average Bonchev–Trinajstić information content (AvgIpc) is 3.49. The minimum absolute atomic E-state index is 0.0251. The third kappa shape index (κ3) is 3.87. The van der Waals surface area contributed by atoms with Crippen LogP contribution in [-0.2, 0) is 14.8 Å². The summed E-state index contributed by atoms with van der Waals surface area (Å²) in [6.45, 7) is 0.995. The lowest BCUT2D eigenvalue weighted by Gasteiger charge is -2.37. The highest BCUT2D eigenvalue weighted by Crippen LogP contribution is 2.50. The second-order valence-electron chi connectivity index (χ2n) is 8.64. The molecule has 0 radical (unpaired) electrons. The van der Waals surface area contributed by atoms with Gasteiger partial charge in [-0.3, -0.25) is 0 Å². The Balaban J connectivity index is 1.43. The van der Waals surface area contributed by atoms with Crippen LogP contribution in [0, 0.1) is 5.92 Å². The summed E-state index contributed by atoms with van der Waals surface area (Å²) in [6, 6.07) is 10.7. The Morgan fingerprint density at radius 3 is 2.91 bits per heavy atom. The van der Waals surface area contributed by atoms with E-state index in [1.54, 1.807) is 18.2 Å². The maximum Gasteiger partial charge on any atom is 0.240 e. The Morgan fingerprint density at radius 2 is 2.12 bits per heavy atom. The molecule has 1 aliphatic carbocycles. The highest BCUT2D eigenvalue weighted by Gasteiger charge is 2.38. The number of ether oxygens (including phenoxy) is 2. The van der Waals surface area contributed by atoms with Crippen LogP contribution in [0.4, 0.5) is 5.69 Å². The lowest BCUT2D eigenvalue weighted by atomic mass is 9.77. The molecular formula is C24H28N2O5S. The van der Waals surface area contributed by atoms with Crippen molar-refractivity contribution in [1.82, 2.24) is 4.72 Å². The van der Waals surface area contributed by atoms with Crippen LogP contribution in [0.25, 0.3) is 0 Å². The summed E-state index contributed by atoms with van der Waals surface area (Å²) in [4.78, 5) is 0.278. The number of benzene rings is 2. The number of allylic oxidation sites excluding steroid dienone is 2. The van der Waals surface area contributed by atoms with E-state index < -0.39 is 10.0 Å². The molecule has 4 atom stereocenters. The fourth-order valence-electron chi connectivity index (χ4n) is 5.05. The zero-order valence-electron chi connectivity index (χ0n) is 18.0. The number of rotatable bonds is 6. The second kappa shape index (κ2) is 8.42. The Bertz CT molecular complexity index is 1140. The molecule has 0 aromatic heterocycles. The molecule has 3 aliphatic rings. The van der Waals surface area contributed by atoms with E-state index >= 15 is 0 Å². The number of anilines is 1. The standard InChI is InChI=1S/C24H28N2O5S/c1-30-23-12-15(7-10-22(23)27)24-19-6-2-5-18(19)20-13-17(8-9-21(20)26-24)32(28,29)25-14-16-4-3-11-31-16/h2,5,7-10,12-13,16,18-19,24-27H,3-4,6,11,14H2,1H3. The minimum atomic E-state index is -3.62. The number of hydrogen-bond donors (Lipinski definition) is 3. The number of nitrogens with one attached hydrogen (secondary N) is 2. The predicted molar refractivity (Wildman–Crippen MR) is 122 cm³/mol. The van der Waals surface area contributed by atoms with Crippen molar-refractivity contribution >= 4 is 15.7 Å². The van der Waals surface area contributed by atoms with Crippen molar-refractivity contribution in [2.75, 3.05) is 25.6 Å². The Hall–Kier alpha value is -2.55. The van der Waals surface area contributed by atoms with Gasteiger partial charge in [-0.25, -0.2) is 13.1 Å². The quantitative estimate of drug-likeness (QED) is 0.574. The van der Waals surface area contributed by atoms with Gasteiger partial charge in [-0.05, 0) is 66.6 Å². The van der Waals surface area contributed by atoms with Crippen molar-refractivity contribution in [3.05, 3.63) is 59.7 Å². The van der Waals surface area contributed by atoms with Gasteiger partial charge in [-0.15, -0.1) is 0 Å². The van der Waals surface area contributed by atoms with E-state index in [0.717, 1.165) is 36.1 Å². The first-order valence-electron chi connectivity index (χ1n) is 11.0. The smallest absolute Gasteiger partial charge is 0.240 e. The molecule has 0 amide bonds. The largest absolute Gasteiger partial charge is 0.504 e. The van der Waals surface area contributed by atoms with Crippen LogP contribution in [-0.4, -0.2) is 39.9 Å². The molecule has 2 aromatic rings. The molecule has 4 unspecified atom stereocenters. The van der Waals surface area contributed by atoms with Gasteiger partial charge in [-0.2, -0.15) is 0 Å². The number of sulfonamides is 1. The molecular weight excluding hydrogens is 428 g/mol. The molecule has 32 heavy (non-hydrogen) atoms. The van der Waals surface area contributed by atoms with Crippen LogP contribution in [0.2, 0.25) is 0 Å². The van der Waals surface area contributed by atoms with Gasteiger partial charge >= 0.3 is 0 Å². The Labute approximate surface area is 188 Å². The van der Waals surface area contributed by atoms with Gasteiger partial charge in [0.15, 0.2) is 11.5 Å². The van der Waals surface area contributed by atoms with Crippen LogP contribution >= 0.6 is 0 Å². The summed E-state index contributed by atoms with van der Waals surface area (Å²) < 4.78 is 39.4. The molecule has 170 valence electrons. The molecule has 0 spiro atoms. The summed E-state index contributed by atoms with van der Waals surface area (Å²) >= 11 is 0. The second-order valence-corrected chi connectivity index (χ2v) is 10.4. The van der Waals surface area contributed by atoms with Crippen molar-refractivity contribution in [3.63, 3.8) is 0 Å². The zero-order chi connectivity index (χ0) is 22.3. The van der Waals surface area contributed by atoms with E-state index in [9.17, 15) is 13.5 Å². The van der Waals surface area contributed by atoms with E-state index in [4.69, 9.17) is 9.47 Å². The topological polar surface area (TPSA) is 96.9 Å². The Kier molecular flexibility index (Phi) is 5.61. The first kappa shape index (κ1) is 21.3. The maximum atomic E-state index is 12.9.